The molecule has 6 rings (SSSR count). The third kappa shape index (κ3) is 5.41. The van der Waals surface area contributed by atoms with E-state index in [4.69, 9.17) is 4.74 Å². The summed E-state index contributed by atoms with van der Waals surface area (Å²) in [5.74, 6) is 1.28. The molecule has 0 bridgehead atoms. The van der Waals surface area contributed by atoms with E-state index in [2.05, 4.69) is 76.2 Å². The van der Waals surface area contributed by atoms with Gasteiger partial charge < -0.3 is 4.74 Å². The van der Waals surface area contributed by atoms with Crippen LogP contribution < -0.4 is 15.2 Å². The minimum atomic E-state index is -4.47. The van der Waals surface area contributed by atoms with Crippen molar-refractivity contribution >= 4 is 21.8 Å². The van der Waals surface area contributed by atoms with Gasteiger partial charge in [-0.05, 0) is 97.5 Å². The summed E-state index contributed by atoms with van der Waals surface area (Å²) >= 11 is 0. The summed E-state index contributed by atoms with van der Waals surface area (Å²) in [4.78, 5) is -0.135. The van der Waals surface area contributed by atoms with Crippen molar-refractivity contribution in [2.75, 3.05) is 0 Å². The molecule has 5 aromatic rings. The molecule has 1 heterocycles. The van der Waals surface area contributed by atoms with E-state index in [1.165, 1.54) is 33.9 Å². The molecule has 5 heteroatoms. The molecule has 0 spiro atoms. The lowest BCUT2D eigenvalue weighted by molar-refractivity contribution is 0.470. The van der Waals surface area contributed by atoms with E-state index in [1.807, 2.05) is 30.3 Å². The van der Waals surface area contributed by atoms with Crippen LogP contribution in [-0.4, -0.2) is 13.0 Å². The molecule has 1 aliphatic heterocycles. The molecular formula is C37H32O4S. The quantitative estimate of drug-likeness (QED) is 0.227. The highest BCUT2D eigenvalue weighted by molar-refractivity contribution is 7.86. The first-order valence-electron chi connectivity index (χ1n) is 13.9. The lowest BCUT2D eigenvalue weighted by Crippen LogP contribution is -2.21. The Morgan fingerprint density at radius 2 is 1.45 bits per heavy atom. The highest BCUT2D eigenvalue weighted by Gasteiger charge is 2.25. The summed E-state index contributed by atoms with van der Waals surface area (Å²) in [6, 6.07) is 31.5. The van der Waals surface area contributed by atoms with Crippen molar-refractivity contribution in [1.82, 2.24) is 0 Å². The molecule has 5 aromatic carbocycles. The van der Waals surface area contributed by atoms with Crippen LogP contribution in [0.1, 0.15) is 50.1 Å². The summed E-state index contributed by atoms with van der Waals surface area (Å²) < 4.78 is 41.6. The van der Waals surface area contributed by atoms with Gasteiger partial charge >= 0.3 is 0 Å². The number of hydrogen-bond acceptors (Lipinski definition) is 3. The monoisotopic (exact) mass is 572 g/mol. The summed E-state index contributed by atoms with van der Waals surface area (Å²) in [5.41, 5.74) is 10.2. The summed E-state index contributed by atoms with van der Waals surface area (Å²) in [7, 11) is -4.47. The Kier molecular flexibility index (Phi) is 7.09. The van der Waals surface area contributed by atoms with Gasteiger partial charge in [0.25, 0.3) is 10.1 Å². The Morgan fingerprint density at radius 1 is 0.714 bits per heavy atom. The van der Waals surface area contributed by atoms with Gasteiger partial charge in [-0.1, -0.05) is 83.9 Å². The first-order chi connectivity index (χ1) is 20.1. The van der Waals surface area contributed by atoms with Crippen LogP contribution in [0.5, 0.6) is 11.5 Å². The van der Waals surface area contributed by atoms with E-state index in [9.17, 15) is 13.0 Å². The maximum atomic E-state index is 12.5. The average molecular weight is 573 g/mol. The van der Waals surface area contributed by atoms with Crippen molar-refractivity contribution in [3.8, 4) is 11.5 Å². The third-order valence-electron chi connectivity index (χ3n) is 7.88. The summed E-state index contributed by atoms with van der Waals surface area (Å²) in [5, 5.41) is 1.73. The number of fused-ring (bicyclic) bond motifs is 2. The maximum Gasteiger partial charge on any atom is 0.295 e. The van der Waals surface area contributed by atoms with Crippen LogP contribution in [0.3, 0.4) is 0 Å². The van der Waals surface area contributed by atoms with Crippen molar-refractivity contribution in [1.29, 1.82) is 0 Å². The standard InChI is InChI=1S/C37H32O4S/c1-23-9-13-29(25(3)17-23)19-27-11-15-31-34(21-27)41-35-22-28(20-30-14-10-24(2)18-26(30)4)12-16-32(35)37(31)33-7-5-6-8-36(33)42(38,39)40/h5-19,21-22H,20H2,1-4H3,(H,38,39,40)/b27-19+. The molecule has 0 aliphatic carbocycles. The zero-order valence-corrected chi connectivity index (χ0v) is 24.9. The molecule has 0 saturated carbocycles. The molecule has 1 aliphatic rings. The van der Waals surface area contributed by atoms with Crippen molar-refractivity contribution in [3.05, 3.63) is 158 Å². The molecular weight excluding hydrogens is 540 g/mol. The van der Waals surface area contributed by atoms with Gasteiger partial charge in [-0.2, -0.15) is 8.42 Å². The highest BCUT2D eigenvalue weighted by atomic mass is 32.2. The lowest BCUT2D eigenvalue weighted by atomic mass is 9.90. The number of rotatable bonds is 5. The predicted molar refractivity (Wildman–Crippen MR) is 168 cm³/mol. The fourth-order valence-electron chi connectivity index (χ4n) is 5.77. The first-order valence-corrected chi connectivity index (χ1v) is 15.4. The number of ether oxygens (including phenoxy) is 1. The molecule has 0 amide bonds. The van der Waals surface area contributed by atoms with E-state index in [1.54, 1.807) is 18.2 Å². The van der Waals surface area contributed by atoms with Crippen LogP contribution in [0.25, 0.3) is 11.6 Å². The Labute approximate surface area is 247 Å². The highest BCUT2D eigenvalue weighted by Crippen LogP contribution is 2.38. The van der Waals surface area contributed by atoms with Crippen LogP contribution in [0.2, 0.25) is 0 Å². The van der Waals surface area contributed by atoms with Gasteiger partial charge in [-0.15, -0.1) is 0 Å². The minimum absolute atomic E-state index is 0.135. The average Bonchev–Trinajstić information content (AvgIpc) is 2.94. The number of aryl methyl sites for hydroxylation is 4. The van der Waals surface area contributed by atoms with E-state index in [0.717, 1.165) is 33.5 Å². The van der Waals surface area contributed by atoms with Gasteiger partial charge in [-0.3, -0.25) is 4.55 Å². The lowest BCUT2D eigenvalue weighted by Gasteiger charge is -2.23. The van der Waals surface area contributed by atoms with Crippen LogP contribution in [0, 0.1) is 27.7 Å². The number of hydrogen-bond donors (Lipinski definition) is 1. The van der Waals surface area contributed by atoms with Crippen molar-refractivity contribution in [2.45, 2.75) is 39.0 Å². The molecule has 0 aromatic heterocycles. The summed E-state index contributed by atoms with van der Waals surface area (Å²) in [6.45, 7) is 8.39. The first kappa shape index (κ1) is 27.7. The van der Waals surface area contributed by atoms with Gasteiger partial charge in [0.15, 0.2) is 0 Å². The van der Waals surface area contributed by atoms with Crippen molar-refractivity contribution in [3.63, 3.8) is 0 Å². The second-order valence-corrected chi connectivity index (χ2v) is 12.5. The van der Waals surface area contributed by atoms with Gasteiger partial charge in [0.1, 0.15) is 16.4 Å². The maximum absolute atomic E-state index is 12.5. The third-order valence-corrected chi connectivity index (χ3v) is 8.80. The SMILES string of the molecule is Cc1ccc(/C=c2\ccc3c(c2)Oc2cc(Cc4ccc(C)cc4C)ccc2C=3c2ccccc2S(=O)(=O)O)c(C)c1. The zero-order chi connectivity index (χ0) is 29.6. The Bertz CT molecular complexity index is 2110. The van der Waals surface area contributed by atoms with E-state index < -0.39 is 10.1 Å². The summed E-state index contributed by atoms with van der Waals surface area (Å²) in [6.07, 6.45) is 2.86. The molecule has 0 saturated heterocycles. The van der Waals surface area contributed by atoms with E-state index in [0.29, 0.717) is 22.6 Å². The van der Waals surface area contributed by atoms with Gasteiger partial charge in [0.2, 0.25) is 0 Å². The van der Waals surface area contributed by atoms with Crippen LogP contribution in [-0.2, 0) is 16.5 Å². The Morgan fingerprint density at radius 3 is 2.19 bits per heavy atom. The van der Waals surface area contributed by atoms with E-state index >= 15 is 0 Å². The molecule has 1 N–H and O–H groups in total. The van der Waals surface area contributed by atoms with Crippen molar-refractivity contribution in [2.24, 2.45) is 0 Å². The molecule has 210 valence electrons. The fourth-order valence-corrected chi connectivity index (χ4v) is 6.47. The van der Waals surface area contributed by atoms with Crippen molar-refractivity contribution < 1.29 is 17.7 Å². The largest absolute Gasteiger partial charge is 0.456 e. The fraction of sp³-hybridized carbons (Fsp3) is 0.135. The van der Waals surface area contributed by atoms with Gasteiger partial charge in [-0.25, -0.2) is 0 Å². The van der Waals surface area contributed by atoms with Crippen LogP contribution in [0.4, 0.5) is 0 Å². The van der Waals surface area contributed by atoms with E-state index in [-0.39, 0.29) is 4.90 Å². The molecule has 4 nitrogen and oxygen atoms in total. The Hall–Kier alpha value is -4.45. The second-order valence-electron chi connectivity index (χ2n) is 11.1. The smallest absolute Gasteiger partial charge is 0.295 e. The Balaban J connectivity index is 1.56. The zero-order valence-electron chi connectivity index (χ0n) is 24.1. The molecule has 0 radical (unpaired) electrons. The topological polar surface area (TPSA) is 63.6 Å². The minimum Gasteiger partial charge on any atom is -0.456 e. The molecule has 42 heavy (non-hydrogen) atoms. The van der Waals surface area contributed by atoms with Crippen LogP contribution in [0.15, 0.2) is 102 Å². The van der Waals surface area contributed by atoms with Gasteiger partial charge in [0, 0.05) is 21.9 Å². The van der Waals surface area contributed by atoms with Gasteiger partial charge in [0.05, 0.1) is 0 Å². The number of benzene rings is 5. The van der Waals surface area contributed by atoms with Crippen LogP contribution >= 0.6 is 0 Å². The molecule has 0 fully saturated rings. The normalized spacial score (nSPS) is 13.0. The molecule has 0 unspecified atom stereocenters. The second kappa shape index (κ2) is 10.8. The predicted octanol–water partition coefficient (Wildman–Crippen LogP) is 6.94. The molecule has 0 atom stereocenters.